The summed E-state index contributed by atoms with van der Waals surface area (Å²) >= 11 is 0. The molecule has 0 spiro atoms. The van der Waals surface area contributed by atoms with Gasteiger partial charge in [0.2, 0.25) is 0 Å². The summed E-state index contributed by atoms with van der Waals surface area (Å²) in [5.74, 6) is 6.44. The number of nitriles is 1. The zero-order valence-electron chi connectivity index (χ0n) is 19.6. The van der Waals surface area contributed by atoms with Crippen LogP contribution in [0.4, 0.5) is 0 Å². The number of carbonyl (C=O) groups is 1. The molecule has 0 saturated heterocycles. The average molecular weight is 422 g/mol. The Kier molecular flexibility index (Phi) is 5.51. The summed E-state index contributed by atoms with van der Waals surface area (Å²) in [7, 11) is 0. The van der Waals surface area contributed by atoms with Gasteiger partial charge in [-0.1, -0.05) is 20.3 Å². The van der Waals surface area contributed by atoms with Crippen LogP contribution in [0, 0.1) is 58.2 Å². The minimum Gasteiger partial charge on any atom is -0.297 e. The molecule has 4 aliphatic rings. The molecule has 0 radical (unpaired) electrons. The van der Waals surface area contributed by atoms with Crippen LogP contribution in [-0.4, -0.2) is 15.6 Å². The highest BCUT2D eigenvalue weighted by Gasteiger charge is 2.57. The number of hydrogen-bond donors (Lipinski definition) is 0. The van der Waals surface area contributed by atoms with E-state index in [0.29, 0.717) is 23.3 Å². The zero-order valence-corrected chi connectivity index (χ0v) is 19.6. The molecule has 31 heavy (non-hydrogen) atoms. The number of nitrogens with zero attached hydrogens (tertiary/aromatic N) is 3. The van der Waals surface area contributed by atoms with Gasteiger partial charge in [-0.25, -0.2) is 0 Å². The van der Waals surface area contributed by atoms with Crippen LogP contribution < -0.4 is 0 Å². The Morgan fingerprint density at radius 1 is 1.19 bits per heavy atom. The summed E-state index contributed by atoms with van der Waals surface area (Å²) < 4.78 is 1.68. The zero-order chi connectivity index (χ0) is 21.8. The van der Waals surface area contributed by atoms with Crippen LogP contribution in [0.1, 0.15) is 96.6 Å². The minimum atomic E-state index is -0.277. The van der Waals surface area contributed by atoms with E-state index in [0.717, 1.165) is 35.5 Å². The van der Waals surface area contributed by atoms with Gasteiger partial charge in [-0.3, -0.25) is 9.48 Å². The Balaban J connectivity index is 1.27. The fraction of sp³-hybridized carbons (Fsp3) is 0.815. The highest BCUT2D eigenvalue weighted by Crippen LogP contribution is 2.65. The van der Waals surface area contributed by atoms with Gasteiger partial charge in [-0.2, -0.15) is 10.4 Å². The van der Waals surface area contributed by atoms with E-state index < -0.39 is 0 Å². The molecule has 6 unspecified atom stereocenters. The smallest absolute Gasteiger partial charge is 0.157 e. The fourth-order valence-corrected chi connectivity index (χ4v) is 8.70. The number of aromatic nitrogens is 2. The molecule has 0 N–H and O–H groups in total. The Bertz CT molecular complexity index is 868. The van der Waals surface area contributed by atoms with Crippen molar-refractivity contribution in [2.45, 2.75) is 91.0 Å². The van der Waals surface area contributed by atoms with Gasteiger partial charge in [0.05, 0.1) is 11.8 Å². The first-order valence-electron chi connectivity index (χ1n) is 12.9. The predicted molar refractivity (Wildman–Crippen MR) is 121 cm³/mol. The molecule has 9 atom stereocenters. The second kappa shape index (κ2) is 8.05. The quantitative estimate of drug-likeness (QED) is 0.583. The van der Waals surface area contributed by atoms with Crippen molar-refractivity contribution in [2.24, 2.45) is 46.8 Å². The number of rotatable bonds is 4. The molecule has 0 amide bonds. The van der Waals surface area contributed by atoms with Crippen LogP contribution in [0.25, 0.3) is 0 Å². The van der Waals surface area contributed by atoms with Crippen molar-refractivity contribution in [1.82, 2.24) is 9.78 Å². The van der Waals surface area contributed by atoms with Gasteiger partial charge in [0.25, 0.3) is 0 Å². The maximum Gasteiger partial charge on any atom is 0.157 e. The largest absolute Gasteiger partial charge is 0.297 e. The Hall–Kier alpha value is -1.63. The molecule has 0 aliphatic heterocycles. The molecule has 4 aliphatic carbocycles. The topological polar surface area (TPSA) is 58.7 Å². The van der Waals surface area contributed by atoms with Crippen LogP contribution in [0.3, 0.4) is 0 Å². The molecule has 4 fully saturated rings. The second-order valence-electron chi connectivity index (χ2n) is 11.8. The molecule has 168 valence electrons. The number of carbonyl (C=O) groups excluding carboxylic acids is 1. The van der Waals surface area contributed by atoms with Crippen molar-refractivity contribution in [3.8, 4) is 6.07 Å². The number of hydrogen-bond acceptors (Lipinski definition) is 3. The van der Waals surface area contributed by atoms with E-state index in [1.165, 1.54) is 57.8 Å². The van der Waals surface area contributed by atoms with Gasteiger partial charge >= 0.3 is 0 Å². The Morgan fingerprint density at radius 3 is 2.77 bits per heavy atom. The van der Waals surface area contributed by atoms with Gasteiger partial charge in [0, 0.05) is 12.6 Å². The summed E-state index contributed by atoms with van der Waals surface area (Å²) in [4.78, 5) is 13.2. The summed E-state index contributed by atoms with van der Waals surface area (Å²) in [5, 5.41) is 13.3. The van der Waals surface area contributed by atoms with Gasteiger partial charge in [-0.05, 0) is 105 Å². The molecule has 4 saturated carbocycles. The van der Waals surface area contributed by atoms with Gasteiger partial charge in [0.15, 0.2) is 5.78 Å². The van der Waals surface area contributed by atoms with Crippen LogP contribution in [-0.2, 0) is 4.79 Å². The first-order valence-corrected chi connectivity index (χ1v) is 12.9. The maximum absolute atomic E-state index is 13.2. The molecular formula is C27H39N3O. The van der Waals surface area contributed by atoms with E-state index in [4.69, 9.17) is 5.26 Å². The lowest BCUT2D eigenvalue weighted by atomic mass is 9.49. The van der Waals surface area contributed by atoms with E-state index in [9.17, 15) is 4.79 Å². The highest BCUT2D eigenvalue weighted by atomic mass is 16.1. The van der Waals surface area contributed by atoms with Gasteiger partial charge in [0.1, 0.15) is 12.1 Å². The van der Waals surface area contributed by atoms with Crippen molar-refractivity contribution in [3.05, 3.63) is 18.0 Å². The molecule has 1 heterocycles. The van der Waals surface area contributed by atoms with Gasteiger partial charge < -0.3 is 0 Å². The second-order valence-corrected chi connectivity index (χ2v) is 11.8. The third kappa shape index (κ3) is 3.57. The fourth-order valence-electron chi connectivity index (χ4n) is 8.70. The summed E-state index contributed by atoms with van der Waals surface area (Å²) in [6.45, 7) is 6.93. The normalized spacial score (nSPS) is 42.7. The van der Waals surface area contributed by atoms with Crippen molar-refractivity contribution in [2.75, 3.05) is 0 Å². The van der Waals surface area contributed by atoms with Crippen molar-refractivity contribution < 1.29 is 4.79 Å². The molecule has 0 aromatic carbocycles. The first kappa shape index (κ1) is 21.2. The van der Waals surface area contributed by atoms with Crippen LogP contribution >= 0.6 is 0 Å². The summed E-state index contributed by atoms with van der Waals surface area (Å²) in [6.07, 6.45) is 16.5. The molecule has 4 heteroatoms. The molecule has 4 nitrogen and oxygen atoms in total. The molecule has 1 aromatic rings. The standard InChI is InChI=1S/C27H39N3O/c1-17-4-7-22-20(12-17)5-8-24-23(22)10-11-27(3)21(6-9-25(24)27)13-26(31)18(2)30-16-19(14-28)15-29-30/h15-18,20-25H,4-13H2,1-3H3/t17?,18-,20?,21?,22?,23?,24+,25?,27+/m0/s1. The molecule has 0 bridgehead atoms. The minimum absolute atomic E-state index is 0.277. The summed E-state index contributed by atoms with van der Waals surface area (Å²) in [5.41, 5.74) is 0.867. The number of fused-ring (bicyclic) bond motifs is 5. The monoisotopic (exact) mass is 421 g/mol. The van der Waals surface area contributed by atoms with Crippen LogP contribution in [0.15, 0.2) is 12.4 Å². The molecule has 1 aromatic heterocycles. The van der Waals surface area contributed by atoms with Crippen molar-refractivity contribution >= 4 is 5.78 Å². The van der Waals surface area contributed by atoms with E-state index >= 15 is 0 Å². The van der Waals surface area contributed by atoms with Crippen molar-refractivity contribution in [3.63, 3.8) is 0 Å². The van der Waals surface area contributed by atoms with Crippen LogP contribution in [0.5, 0.6) is 0 Å². The highest BCUT2D eigenvalue weighted by molar-refractivity contribution is 5.82. The Labute approximate surface area is 187 Å². The lowest BCUT2D eigenvalue weighted by Gasteiger charge is -2.56. The number of Topliss-reactive ketones (excluding diaryl/α,β-unsaturated/α-hetero) is 1. The van der Waals surface area contributed by atoms with Crippen LogP contribution in [0.2, 0.25) is 0 Å². The predicted octanol–water partition coefficient (Wildman–Crippen LogP) is 6.18. The van der Waals surface area contributed by atoms with E-state index in [1.807, 2.05) is 6.92 Å². The lowest BCUT2D eigenvalue weighted by molar-refractivity contribution is -0.125. The SMILES string of the molecule is CC1CCC2C(CC[C@@H]3C2CC[C@]2(C)C(CC(=O)[C@H](C)n4cc(C#N)cn4)CCC32)C1. The van der Waals surface area contributed by atoms with Crippen molar-refractivity contribution in [1.29, 1.82) is 5.26 Å². The lowest BCUT2D eigenvalue weighted by Crippen LogP contribution is -2.48. The first-order chi connectivity index (χ1) is 14.9. The summed E-state index contributed by atoms with van der Waals surface area (Å²) in [6, 6.07) is 1.83. The van der Waals surface area contributed by atoms with E-state index in [2.05, 4.69) is 25.0 Å². The molecule has 5 rings (SSSR count). The third-order valence-corrected chi connectivity index (χ3v) is 10.5. The Morgan fingerprint density at radius 2 is 2.00 bits per heavy atom. The molecular weight excluding hydrogens is 382 g/mol. The average Bonchev–Trinajstić information content (AvgIpc) is 3.37. The van der Waals surface area contributed by atoms with E-state index in [-0.39, 0.29) is 11.8 Å². The number of ketones is 1. The van der Waals surface area contributed by atoms with E-state index in [1.54, 1.807) is 17.1 Å². The third-order valence-electron chi connectivity index (χ3n) is 10.5. The van der Waals surface area contributed by atoms with Gasteiger partial charge in [-0.15, -0.1) is 0 Å². The maximum atomic E-state index is 13.2.